The first-order chi connectivity index (χ1) is 11.7. The van der Waals surface area contributed by atoms with Crippen LogP contribution in [0.4, 0.5) is 5.69 Å². The molecule has 0 aromatic heterocycles. The van der Waals surface area contributed by atoms with Crippen LogP contribution >= 0.6 is 39.3 Å². The predicted molar refractivity (Wildman–Crippen MR) is 106 cm³/mol. The Hall–Kier alpha value is -0.770. The van der Waals surface area contributed by atoms with Gasteiger partial charge in [-0.25, -0.2) is 8.42 Å². The molecule has 1 aromatic carbocycles. The minimum atomic E-state index is -3.12. The zero-order valence-electron chi connectivity index (χ0n) is 13.6. The number of hydrogen-bond donors (Lipinski definition) is 0. The molecule has 0 unspecified atom stereocenters. The molecule has 6 nitrogen and oxygen atoms in total. The molecule has 2 heterocycles. The van der Waals surface area contributed by atoms with Crippen LogP contribution in [0.2, 0.25) is 5.02 Å². The van der Waals surface area contributed by atoms with E-state index in [1.165, 1.54) is 16.7 Å². The summed E-state index contributed by atoms with van der Waals surface area (Å²) < 4.78 is 24.9. The van der Waals surface area contributed by atoms with Gasteiger partial charge in [-0.1, -0.05) is 39.3 Å². The van der Waals surface area contributed by atoms with Crippen molar-refractivity contribution in [3.8, 4) is 0 Å². The Labute approximate surface area is 164 Å². The van der Waals surface area contributed by atoms with E-state index in [1.807, 2.05) is 17.0 Å². The summed E-state index contributed by atoms with van der Waals surface area (Å²) in [7, 11) is 0.276. The highest BCUT2D eigenvalue weighted by Crippen LogP contribution is 2.39. The molecule has 0 spiro atoms. The number of fused-ring (bicyclic) bond motifs is 1. The molecule has 1 aromatic rings. The van der Waals surface area contributed by atoms with Crippen LogP contribution in [-0.2, 0) is 14.6 Å². The minimum Gasteiger partial charge on any atom is -0.348 e. The van der Waals surface area contributed by atoms with Gasteiger partial charge in [-0.15, -0.1) is 0 Å². The van der Waals surface area contributed by atoms with Gasteiger partial charge in [0.05, 0.1) is 40.1 Å². The predicted octanol–water partition coefficient (Wildman–Crippen LogP) is 2.27. The zero-order chi connectivity index (χ0) is 18.4. The van der Waals surface area contributed by atoms with Gasteiger partial charge in [0.25, 0.3) is 0 Å². The number of amides is 1. The molecule has 1 fully saturated rings. The van der Waals surface area contributed by atoms with Crippen molar-refractivity contribution in [3.05, 3.63) is 27.7 Å². The number of nitrogens with zero attached hydrogens (tertiary/aromatic N) is 3. The van der Waals surface area contributed by atoms with E-state index in [0.717, 1.165) is 4.47 Å². The number of amidine groups is 1. The number of hydrogen-bond acceptors (Lipinski definition) is 6. The highest BCUT2D eigenvalue weighted by atomic mass is 79.9. The lowest BCUT2D eigenvalue weighted by Crippen LogP contribution is -2.39. The quantitative estimate of drug-likeness (QED) is 0.683. The van der Waals surface area contributed by atoms with Crippen molar-refractivity contribution in [2.45, 2.75) is 12.1 Å². The molecule has 1 amide bonds. The topological polar surface area (TPSA) is 70.0 Å². The van der Waals surface area contributed by atoms with Crippen LogP contribution in [0.1, 0.15) is 0 Å². The first-order valence-electron chi connectivity index (χ1n) is 7.53. The summed E-state index contributed by atoms with van der Waals surface area (Å²) in [6, 6.07) is 4.86. The van der Waals surface area contributed by atoms with E-state index in [2.05, 4.69) is 20.9 Å². The largest absolute Gasteiger partial charge is 0.348 e. The average molecular weight is 467 g/mol. The highest BCUT2D eigenvalue weighted by molar-refractivity contribution is 9.10. The highest BCUT2D eigenvalue weighted by Gasteiger charge is 2.47. The Bertz CT molecular complexity index is 844. The fourth-order valence-corrected chi connectivity index (χ4v) is 6.55. The van der Waals surface area contributed by atoms with Crippen molar-refractivity contribution in [1.82, 2.24) is 4.90 Å². The molecular formula is C15H17BrClN3O3S2. The van der Waals surface area contributed by atoms with E-state index >= 15 is 0 Å². The molecule has 0 bridgehead atoms. The second-order valence-electron chi connectivity index (χ2n) is 6.17. The first-order valence-corrected chi connectivity index (χ1v) is 11.5. The van der Waals surface area contributed by atoms with Gasteiger partial charge < -0.3 is 9.80 Å². The molecule has 0 N–H and O–H groups in total. The van der Waals surface area contributed by atoms with E-state index in [-0.39, 0.29) is 35.2 Å². The van der Waals surface area contributed by atoms with Crippen molar-refractivity contribution in [2.24, 2.45) is 4.99 Å². The molecule has 2 aliphatic rings. The van der Waals surface area contributed by atoms with E-state index in [0.29, 0.717) is 15.9 Å². The molecule has 0 saturated carbocycles. The number of thioether (sulfide) groups is 1. The Morgan fingerprint density at radius 1 is 1.44 bits per heavy atom. The molecule has 25 heavy (non-hydrogen) atoms. The van der Waals surface area contributed by atoms with Crippen LogP contribution in [0.15, 0.2) is 27.7 Å². The standard InChI is InChI=1S/C15H17BrClN3O3S2/c1-19(2)14(21)6-24-15-18-11-7-25(22,23)8-13(11)20(15)12-4-3-9(16)5-10(12)17/h3-5,11,13H,6-8H2,1-2H3/t11-,13-/m0/s1. The molecule has 0 aliphatic carbocycles. The van der Waals surface area contributed by atoms with Crippen molar-refractivity contribution in [2.75, 3.05) is 36.3 Å². The summed E-state index contributed by atoms with van der Waals surface area (Å²) in [5.41, 5.74) is 0.706. The Balaban J connectivity index is 1.93. The maximum Gasteiger partial charge on any atom is 0.232 e. The molecular weight excluding hydrogens is 450 g/mol. The second kappa shape index (κ2) is 7.09. The summed E-state index contributed by atoms with van der Waals surface area (Å²) in [5, 5.41) is 1.15. The van der Waals surface area contributed by atoms with Gasteiger partial charge >= 0.3 is 0 Å². The minimum absolute atomic E-state index is 0.0285. The van der Waals surface area contributed by atoms with Gasteiger partial charge in [-0.2, -0.15) is 0 Å². The molecule has 136 valence electrons. The molecule has 10 heteroatoms. The number of sulfone groups is 1. The summed E-state index contributed by atoms with van der Waals surface area (Å²) >= 11 is 11.1. The lowest BCUT2D eigenvalue weighted by atomic mass is 10.1. The van der Waals surface area contributed by atoms with E-state index < -0.39 is 9.84 Å². The molecule has 2 aliphatic heterocycles. The van der Waals surface area contributed by atoms with Crippen molar-refractivity contribution in [1.29, 1.82) is 0 Å². The van der Waals surface area contributed by atoms with Gasteiger partial charge in [0.1, 0.15) is 0 Å². The third-order valence-electron chi connectivity index (χ3n) is 4.10. The van der Waals surface area contributed by atoms with Gasteiger partial charge in [0.15, 0.2) is 15.0 Å². The maximum absolute atomic E-state index is 12.0. The molecule has 2 atom stereocenters. The van der Waals surface area contributed by atoms with Crippen LogP contribution in [0.3, 0.4) is 0 Å². The molecule has 1 saturated heterocycles. The number of aliphatic imine (C=N–C) groups is 1. The summed E-state index contributed by atoms with van der Waals surface area (Å²) in [6.07, 6.45) is 0. The van der Waals surface area contributed by atoms with Gasteiger partial charge in [0.2, 0.25) is 5.91 Å². The van der Waals surface area contributed by atoms with E-state index in [1.54, 1.807) is 20.2 Å². The Morgan fingerprint density at radius 3 is 2.80 bits per heavy atom. The first kappa shape index (κ1) is 19.0. The second-order valence-corrected chi connectivity index (χ2v) is 10.6. The smallest absolute Gasteiger partial charge is 0.232 e. The number of carbonyl (C=O) groups excluding carboxylic acids is 1. The molecule has 3 rings (SSSR count). The lowest BCUT2D eigenvalue weighted by Gasteiger charge is -2.27. The lowest BCUT2D eigenvalue weighted by molar-refractivity contribution is -0.125. The Morgan fingerprint density at radius 2 is 2.16 bits per heavy atom. The van der Waals surface area contributed by atoms with Gasteiger partial charge in [-0.05, 0) is 18.2 Å². The third-order valence-corrected chi connectivity index (χ3v) is 7.55. The maximum atomic E-state index is 12.0. The summed E-state index contributed by atoms with van der Waals surface area (Å²) in [5.74, 6) is 0.287. The monoisotopic (exact) mass is 465 g/mol. The number of halogens is 2. The van der Waals surface area contributed by atoms with E-state index in [4.69, 9.17) is 11.6 Å². The summed E-state index contributed by atoms with van der Waals surface area (Å²) in [4.78, 5) is 19.9. The average Bonchev–Trinajstić information content (AvgIpc) is 2.96. The molecule has 0 radical (unpaired) electrons. The third kappa shape index (κ3) is 3.99. The number of carbonyl (C=O) groups is 1. The summed E-state index contributed by atoms with van der Waals surface area (Å²) in [6.45, 7) is 0. The normalized spacial score (nSPS) is 24.2. The van der Waals surface area contributed by atoms with Crippen LogP contribution < -0.4 is 4.90 Å². The fourth-order valence-electron chi connectivity index (χ4n) is 2.85. The van der Waals surface area contributed by atoms with E-state index in [9.17, 15) is 13.2 Å². The van der Waals surface area contributed by atoms with Crippen LogP contribution in [0.5, 0.6) is 0 Å². The zero-order valence-corrected chi connectivity index (χ0v) is 17.6. The Kier molecular flexibility index (Phi) is 5.39. The van der Waals surface area contributed by atoms with Crippen molar-refractivity contribution < 1.29 is 13.2 Å². The SMILES string of the molecule is CN(C)C(=O)CSC1=N[C@H]2CS(=O)(=O)C[C@@H]2N1c1ccc(Br)cc1Cl. The van der Waals surface area contributed by atoms with Crippen LogP contribution in [-0.4, -0.2) is 67.8 Å². The number of anilines is 1. The van der Waals surface area contributed by atoms with Crippen molar-refractivity contribution in [3.63, 3.8) is 0 Å². The fraction of sp³-hybridized carbons (Fsp3) is 0.467. The van der Waals surface area contributed by atoms with Crippen LogP contribution in [0.25, 0.3) is 0 Å². The van der Waals surface area contributed by atoms with Gasteiger partial charge in [0, 0.05) is 18.6 Å². The van der Waals surface area contributed by atoms with Crippen molar-refractivity contribution >= 4 is 65.9 Å². The number of benzene rings is 1. The van der Waals surface area contributed by atoms with Gasteiger partial charge in [-0.3, -0.25) is 9.79 Å². The van der Waals surface area contributed by atoms with Crippen LogP contribution in [0, 0.1) is 0 Å². The number of rotatable bonds is 3.